The van der Waals surface area contributed by atoms with Gasteiger partial charge in [0, 0.05) is 65.1 Å². The third-order valence-electron chi connectivity index (χ3n) is 9.90. The van der Waals surface area contributed by atoms with Gasteiger partial charge in [-0.15, -0.1) is 56.7 Å². The summed E-state index contributed by atoms with van der Waals surface area (Å²) >= 11 is 8.09. The van der Waals surface area contributed by atoms with Gasteiger partial charge in [-0.25, -0.2) is 9.59 Å². The van der Waals surface area contributed by atoms with Crippen LogP contribution in [0.4, 0.5) is 17.1 Å². The average Bonchev–Trinajstić information content (AvgIpc) is 4.09. The molecular weight excluding hydrogens is 843 g/mol. The molecule has 3 aromatic carbocycles. The Balaban J connectivity index is 1.08. The highest BCUT2D eigenvalue weighted by Gasteiger charge is 2.17. The van der Waals surface area contributed by atoms with Gasteiger partial charge >= 0.3 is 11.9 Å². The maximum atomic E-state index is 11.3. The summed E-state index contributed by atoms with van der Waals surface area (Å²) in [6.07, 6.45) is 8.98. The van der Waals surface area contributed by atoms with Crippen molar-refractivity contribution >= 4 is 117 Å². The summed E-state index contributed by atoms with van der Waals surface area (Å²) in [4.78, 5) is 31.3. The number of thiophene rings is 5. The maximum Gasteiger partial charge on any atom is 0.346 e. The average molecular weight is 878 g/mol. The van der Waals surface area contributed by atoms with E-state index in [1.54, 1.807) is 34.8 Å². The van der Waals surface area contributed by atoms with Gasteiger partial charge in [0.25, 0.3) is 0 Å². The van der Waals surface area contributed by atoms with E-state index in [0.717, 1.165) is 72.9 Å². The summed E-state index contributed by atoms with van der Waals surface area (Å²) in [6, 6.07) is 41.9. The van der Waals surface area contributed by atoms with E-state index in [9.17, 15) is 30.3 Å². The van der Waals surface area contributed by atoms with Gasteiger partial charge in [0.15, 0.2) is 0 Å². The molecule has 5 aromatic heterocycles. The van der Waals surface area contributed by atoms with Gasteiger partial charge in [-0.2, -0.15) is 10.5 Å². The number of carboxylic acid groups (broad SMARTS) is 2. The zero-order valence-corrected chi connectivity index (χ0v) is 36.3. The summed E-state index contributed by atoms with van der Waals surface area (Å²) in [6.45, 7) is 2.24. The fourth-order valence-corrected chi connectivity index (χ4v) is 12.6. The lowest BCUT2D eigenvalue weighted by Crippen LogP contribution is -2.09. The molecule has 0 radical (unpaired) electrons. The highest BCUT2D eigenvalue weighted by Crippen LogP contribution is 2.43. The Kier molecular flexibility index (Phi) is 12.2. The Bertz CT molecular complexity index is 2780. The molecule has 0 saturated heterocycles. The first-order valence-corrected chi connectivity index (χ1v) is 23.2. The molecule has 0 bridgehead atoms. The quantitative estimate of drug-likeness (QED) is 0.0597. The predicted octanol–water partition coefficient (Wildman–Crippen LogP) is 14.9. The Morgan fingerprint density at radius 3 is 1.38 bits per heavy atom. The number of carbonyl (C=O) groups is 2. The zero-order chi connectivity index (χ0) is 41.8. The Labute approximate surface area is 366 Å². The highest BCUT2D eigenvalue weighted by molar-refractivity contribution is 7.30. The number of fused-ring (bicyclic) bond motifs is 2. The Morgan fingerprint density at radius 1 is 0.550 bits per heavy atom. The minimum atomic E-state index is -1.23. The second-order valence-electron chi connectivity index (χ2n) is 14.0. The molecule has 8 rings (SSSR count). The number of anilines is 3. The normalized spacial score (nSPS) is 11.8. The second-order valence-corrected chi connectivity index (χ2v) is 19.5. The molecule has 2 N–H and O–H groups in total. The zero-order valence-electron chi connectivity index (χ0n) is 32.2. The van der Waals surface area contributed by atoms with Crippen LogP contribution >= 0.6 is 56.7 Å². The van der Waals surface area contributed by atoms with Gasteiger partial charge in [-0.3, -0.25) is 0 Å². The van der Waals surface area contributed by atoms with Crippen molar-refractivity contribution in [2.75, 3.05) is 4.90 Å². The van der Waals surface area contributed by atoms with Gasteiger partial charge in [0.1, 0.15) is 23.3 Å². The second kappa shape index (κ2) is 18.0. The molecule has 0 aliphatic carbocycles. The van der Waals surface area contributed by atoms with E-state index < -0.39 is 11.9 Å². The standard InChI is InChI=1S/C48H35N3O4S5/c1-2-3-4-5-6-37-19-20-40(56-37)29-7-13-34(14-8-29)51(35-15-9-30(10-16-35)41-25-45-43(59-41)23-38(57-45)21-32(27-49)47(52)53)36-17-11-31(12-18-36)42-26-46-44(60-42)24-39(58-46)22-33(28-50)48(54)55/h7-26H,2-6H2,1H3,(H,52,53)(H,54,55). The van der Waals surface area contributed by atoms with Crippen molar-refractivity contribution in [2.24, 2.45) is 0 Å². The van der Waals surface area contributed by atoms with Crippen LogP contribution in [-0.4, -0.2) is 22.2 Å². The van der Waals surface area contributed by atoms with E-state index in [2.05, 4.69) is 109 Å². The molecule has 296 valence electrons. The number of rotatable bonds is 15. The number of unbranched alkanes of at least 4 members (excludes halogenated alkanes) is 3. The maximum absolute atomic E-state index is 11.3. The van der Waals surface area contributed by atoms with Crippen LogP contribution in [0.2, 0.25) is 0 Å². The molecular formula is C48H35N3O4S5. The number of aryl methyl sites for hydroxylation is 1. The fourth-order valence-electron chi connectivity index (χ4n) is 6.87. The van der Waals surface area contributed by atoms with Gasteiger partial charge in [-0.1, -0.05) is 62.6 Å². The molecule has 0 aliphatic rings. The van der Waals surface area contributed by atoms with E-state index >= 15 is 0 Å². The van der Waals surface area contributed by atoms with Crippen molar-refractivity contribution < 1.29 is 19.8 Å². The van der Waals surface area contributed by atoms with E-state index in [0.29, 0.717) is 0 Å². The van der Waals surface area contributed by atoms with Gasteiger partial charge in [0.2, 0.25) is 0 Å². The van der Waals surface area contributed by atoms with Crippen LogP contribution in [0.3, 0.4) is 0 Å². The van der Waals surface area contributed by atoms with Crippen molar-refractivity contribution in [1.82, 2.24) is 0 Å². The SMILES string of the molecule is CCCCCCc1ccc(-c2ccc(N(c3ccc(-c4cc5sc(C=C(C#N)C(=O)O)cc5s4)cc3)c3ccc(-c4cc5sc(C=C(C#N)C(=O)O)cc5s4)cc3)cc2)s1. The molecule has 0 atom stereocenters. The van der Waals surface area contributed by atoms with Crippen LogP contribution in [0.1, 0.15) is 47.2 Å². The smallest absolute Gasteiger partial charge is 0.346 e. The van der Waals surface area contributed by atoms with Crippen LogP contribution in [0, 0.1) is 22.7 Å². The number of carboxylic acids is 2. The number of hydrogen-bond acceptors (Lipinski definition) is 10. The lowest BCUT2D eigenvalue weighted by molar-refractivity contribution is -0.133. The molecule has 60 heavy (non-hydrogen) atoms. The van der Waals surface area contributed by atoms with Gasteiger partial charge in [0.05, 0.1) is 0 Å². The highest BCUT2D eigenvalue weighted by atomic mass is 32.1. The van der Waals surface area contributed by atoms with Crippen molar-refractivity contribution in [3.63, 3.8) is 0 Å². The summed E-state index contributed by atoms with van der Waals surface area (Å²) < 4.78 is 4.16. The number of nitriles is 2. The molecule has 0 unspecified atom stereocenters. The number of hydrogen-bond donors (Lipinski definition) is 2. The fraction of sp³-hybridized carbons (Fsp3) is 0.125. The summed E-state index contributed by atoms with van der Waals surface area (Å²) in [5.74, 6) is -2.46. The van der Waals surface area contributed by atoms with Crippen molar-refractivity contribution in [3.05, 3.63) is 135 Å². The van der Waals surface area contributed by atoms with Gasteiger partial charge in [-0.05, 0) is 114 Å². The Hall–Kier alpha value is -6.12. The lowest BCUT2D eigenvalue weighted by atomic mass is 10.1. The van der Waals surface area contributed by atoms with Crippen LogP contribution in [0.5, 0.6) is 0 Å². The molecule has 12 heteroatoms. The first kappa shape index (κ1) is 40.7. The number of benzene rings is 3. The third kappa shape index (κ3) is 8.89. The molecule has 0 saturated carbocycles. The van der Waals surface area contributed by atoms with Crippen molar-refractivity contribution in [1.29, 1.82) is 10.5 Å². The van der Waals surface area contributed by atoms with Crippen molar-refractivity contribution in [2.45, 2.75) is 39.0 Å². The molecule has 8 aromatic rings. The first-order valence-electron chi connectivity index (χ1n) is 19.2. The van der Waals surface area contributed by atoms with Crippen LogP contribution < -0.4 is 4.90 Å². The largest absolute Gasteiger partial charge is 0.477 e. The monoisotopic (exact) mass is 877 g/mol. The first-order chi connectivity index (χ1) is 29.2. The van der Waals surface area contributed by atoms with E-state index in [4.69, 9.17) is 0 Å². The molecule has 0 aliphatic heterocycles. The summed E-state index contributed by atoms with van der Waals surface area (Å²) in [5, 5.41) is 36.9. The van der Waals surface area contributed by atoms with Crippen LogP contribution in [0.15, 0.2) is 120 Å². The molecule has 7 nitrogen and oxygen atoms in total. The van der Waals surface area contributed by atoms with Crippen LogP contribution in [0.25, 0.3) is 62.3 Å². The van der Waals surface area contributed by atoms with Crippen LogP contribution in [-0.2, 0) is 16.0 Å². The number of nitrogens with zero attached hydrogens (tertiary/aromatic N) is 3. The van der Waals surface area contributed by atoms with Gasteiger partial charge < -0.3 is 15.1 Å². The van der Waals surface area contributed by atoms with E-state index in [1.807, 2.05) is 23.5 Å². The minimum Gasteiger partial charge on any atom is -0.477 e. The molecule has 5 heterocycles. The molecule has 0 spiro atoms. The summed E-state index contributed by atoms with van der Waals surface area (Å²) in [7, 11) is 0. The van der Waals surface area contributed by atoms with E-state index in [1.165, 1.54) is 75.8 Å². The van der Waals surface area contributed by atoms with Crippen molar-refractivity contribution in [3.8, 4) is 43.5 Å². The Morgan fingerprint density at radius 2 is 0.983 bits per heavy atom. The molecule has 0 fully saturated rings. The van der Waals surface area contributed by atoms with E-state index in [-0.39, 0.29) is 11.1 Å². The number of aliphatic carboxylic acids is 2. The third-order valence-corrected chi connectivity index (χ3v) is 15.7. The lowest BCUT2D eigenvalue weighted by Gasteiger charge is -2.26. The minimum absolute atomic E-state index is 0.284. The molecule has 0 amide bonds. The summed E-state index contributed by atoms with van der Waals surface area (Å²) in [5.41, 5.74) is 5.81. The topological polar surface area (TPSA) is 125 Å². The predicted molar refractivity (Wildman–Crippen MR) is 252 cm³/mol.